The summed E-state index contributed by atoms with van der Waals surface area (Å²) in [6.45, 7) is 2.82. The Kier molecular flexibility index (Phi) is 5.18. The van der Waals surface area contributed by atoms with Crippen LogP contribution in [0.15, 0.2) is 60.8 Å². The molecule has 3 aromatic rings. The molecule has 0 radical (unpaired) electrons. The van der Waals surface area contributed by atoms with Crippen molar-refractivity contribution in [3.05, 3.63) is 70.8 Å². The maximum Gasteiger partial charge on any atom is 0.231 e. The van der Waals surface area contributed by atoms with Crippen LogP contribution < -0.4 is 10.2 Å². The normalized spacial score (nSPS) is 10.5. The van der Waals surface area contributed by atoms with Crippen LogP contribution >= 0.6 is 23.2 Å². The molecule has 0 amide bonds. The van der Waals surface area contributed by atoms with Crippen molar-refractivity contribution in [2.75, 3.05) is 16.8 Å². The van der Waals surface area contributed by atoms with Gasteiger partial charge in [0.1, 0.15) is 5.82 Å². The Morgan fingerprint density at radius 2 is 1.83 bits per heavy atom. The topological polar surface area (TPSA) is 41.1 Å². The van der Waals surface area contributed by atoms with Crippen LogP contribution in [0.2, 0.25) is 10.0 Å². The van der Waals surface area contributed by atoms with E-state index in [-0.39, 0.29) is 0 Å². The van der Waals surface area contributed by atoms with Gasteiger partial charge in [-0.1, -0.05) is 41.4 Å². The number of aromatic nitrogens is 2. The Bertz CT molecular complexity index is 824. The summed E-state index contributed by atoms with van der Waals surface area (Å²) in [5.74, 6) is 1.29. The molecule has 0 fully saturated rings. The molecule has 4 nitrogen and oxygen atoms in total. The summed E-state index contributed by atoms with van der Waals surface area (Å²) in [6, 6.07) is 17.1. The minimum Gasteiger partial charge on any atom is -0.339 e. The first kappa shape index (κ1) is 16.6. The third-order valence-electron chi connectivity index (χ3n) is 3.46. The van der Waals surface area contributed by atoms with Gasteiger partial charge in [0.15, 0.2) is 0 Å². The van der Waals surface area contributed by atoms with Crippen LogP contribution in [0.4, 0.5) is 23.1 Å². The van der Waals surface area contributed by atoms with E-state index < -0.39 is 0 Å². The van der Waals surface area contributed by atoms with Gasteiger partial charge in [-0.3, -0.25) is 0 Å². The molecule has 0 aliphatic rings. The van der Waals surface area contributed by atoms with Gasteiger partial charge in [-0.15, -0.1) is 0 Å². The monoisotopic (exact) mass is 358 g/mol. The molecule has 3 rings (SSSR count). The van der Waals surface area contributed by atoms with Crippen LogP contribution in [0.1, 0.15) is 6.92 Å². The fourth-order valence-corrected chi connectivity index (χ4v) is 2.78. The summed E-state index contributed by atoms with van der Waals surface area (Å²) in [4.78, 5) is 11.0. The lowest BCUT2D eigenvalue weighted by atomic mass is 10.3. The predicted molar refractivity (Wildman–Crippen MR) is 101 cm³/mol. The minimum absolute atomic E-state index is 0.540. The largest absolute Gasteiger partial charge is 0.339 e. The summed E-state index contributed by atoms with van der Waals surface area (Å²) in [5, 5.41) is 4.33. The lowest BCUT2D eigenvalue weighted by Gasteiger charge is -2.21. The Labute approximate surface area is 151 Å². The molecule has 1 N–H and O–H groups in total. The third-order valence-corrected chi connectivity index (χ3v) is 4.01. The summed E-state index contributed by atoms with van der Waals surface area (Å²) >= 11 is 12.1. The number of anilines is 4. The van der Waals surface area contributed by atoms with Crippen LogP contribution in [0.25, 0.3) is 0 Å². The van der Waals surface area contributed by atoms with Crippen molar-refractivity contribution in [2.45, 2.75) is 6.92 Å². The zero-order valence-electron chi connectivity index (χ0n) is 13.1. The van der Waals surface area contributed by atoms with Gasteiger partial charge in [0, 0.05) is 23.5 Å². The quantitative estimate of drug-likeness (QED) is 0.636. The highest BCUT2D eigenvalue weighted by Crippen LogP contribution is 2.28. The smallest absolute Gasteiger partial charge is 0.231 e. The first-order valence-electron chi connectivity index (χ1n) is 7.55. The van der Waals surface area contributed by atoms with Crippen LogP contribution in [0, 0.1) is 0 Å². The van der Waals surface area contributed by atoms with E-state index >= 15 is 0 Å². The van der Waals surface area contributed by atoms with Gasteiger partial charge in [-0.25, -0.2) is 4.98 Å². The summed E-state index contributed by atoms with van der Waals surface area (Å²) in [5.41, 5.74) is 1.79. The number of hydrogen-bond acceptors (Lipinski definition) is 4. The van der Waals surface area contributed by atoms with E-state index in [1.807, 2.05) is 41.3 Å². The Hall–Kier alpha value is -2.30. The lowest BCUT2D eigenvalue weighted by Crippen LogP contribution is -2.19. The second-order valence-electron chi connectivity index (χ2n) is 5.07. The van der Waals surface area contributed by atoms with Crippen molar-refractivity contribution in [1.29, 1.82) is 0 Å². The van der Waals surface area contributed by atoms with E-state index in [9.17, 15) is 0 Å². The Morgan fingerprint density at radius 1 is 1.04 bits per heavy atom. The van der Waals surface area contributed by atoms with Gasteiger partial charge < -0.3 is 10.2 Å². The van der Waals surface area contributed by atoms with Crippen LogP contribution in [-0.4, -0.2) is 16.5 Å². The van der Waals surface area contributed by atoms with Gasteiger partial charge in [-0.2, -0.15) is 4.98 Å². The molecule has 6 heteroatoms. The molecule has 0 aliphatic heterocycles. The van der Waals surface area contributed by atoms with Crippen molar-refractivity contribution in [2.24, 2.45) is 0 Å². The van der Waals surface area contributed by atoms with Crippen LogP contribution in [-0.2, 0) is 0 Å². The van der Waals surface area contributed by atoms with Gasteiger partial charge in [0.05, 0.1) is 10.7 Å². The molecule has 0 spiro atoms. The maximum absolute atomic E-state index is 6.20. The first-order valence-corrected chi connectivity index (χ1v) is 8.30. The standard InChI is InChI=1S/C18H16Cl2N4/c1-2-24(14-6-4-3-5-7-14)18-21-11-10-17(23-18)22-16-9-8-13(19)12-15(16)20/h3-12H,2H2,1H3,(H,21,22,23). The number of hydrogen-bond donors (Lipinski definition) is 1. The molecular formula is C18H16Cl2N4. The number of nitrogens with one attached hydrogen (secondary N) is 1. The summed E-state index contributed by atoms with van der Waals surface area (Å²) in [6.07, 6.45) is 1.72. The van der Waals surface area contributed by atoms with Crippen LogP contribution in [0.5, 0.6) is 0 Å². The molecule has 0 atom stereocenters. The van der Waals surface area contributed by atoms with Crippen molar-refractivity contribution in [3.8, 4) is 0 Å². The van der Waals surface area contributed by atoms with E-state index in [2.05, 4.69) is 22.2 Å². The average Bonchev–Trinajstić information content (AvgIpc) is 2.60. The fraction of sp³-hybridized carbons (Fsp3) is 0.111. The van der Waals surface area contributed by atoms with E-state index in [1.54, 1.807) is 24.4 Å². The van der Waals surface area contributed by atoms with E-state index in [1.165, 1.54) is 0 Å². The molecule has 24 heavy (non-hydrogen) atoms. The minimum atomic E-state index is 0.540. The molecule has 0 saturated carbocycles. The zero-order valence-corrected chi connectivity index (χ0v) is 14.6. The van der Waals surface area contributed by atoms with Crippen molar-refractivity contribution in [3.63, 3.8) is 0 Å². The van der Waals surface area contributed by atoms with Crippen molar-refractivity contribution >= 4 is 46.3 Å². The average molecular weight is 359 g/mol. The number of nitrogens with zero attached hydrogens (tertiary/aromatic N) is 3. The Morgan fingerprint density at radius 3 is 2.54 bits per heavy atom. The highest BCUT2D eigenvalue weighted by Gasteiger charge is 2.11. The first-order chi connectivity index (χ1) is 11.7. The summed E-state index contributed by atoms with van der Waals surface area (Å²) in [7, 11) is 0. The van der Waals surface area contributed by atoms with Crippen molar-refractivity contribution < 1.29 is 0 Å². The number of rotatable bonds is 5. The molecule has 0 aliphatic carbocycles. The Balaban J connectivity index is 1.88. The zero-order chi connectivity index (χ0) is 16.9. The van der Waals surface area contributed by atoms with Gasteiger partial charge in [-0.05, 0) is 43.3 Å². The fourth-order valence-electron chi connectivity index (χ4n) is 2.32. The molecule has 1 heterocycles. The molecule has 1 aromatic heterocycles. The highest BCUT2D eigenvalue weighted by molar-refractivity contribution is 6.36. The van der Waals surface area contributed by atoms with E-state index in [4.69, 9.17) is 23.2 Å². The van der Waals surface area contributed by atoms with Crippen molar-refractivity contribution in [1.82, 2.24) is 9.97 Å². The van der Waals surface area contributed by atoms with Gasteiger partial charge >= 0.3 is 0 Å². The van der Waals surface area contributed by atoms with E-state index in [0.29, 0.717) is 21.8 Å². The summed E-state index contributed by atoms with van der Waals surface area (Å²) < 4.78 is 0. The lowest BCUT2D eigenvalue weighted by molar-refractivity contribution is 0.948. The second kappa shape index (κ2) is 7.51. The number of para-hydroxylation sites is 1. The second-order valence-corrected chi connectivity index (χ2v) is 5.91. The molecule has 0 saturated heterocycles. The van der Waals surface area contributed by atoms with Gasteiger partial charge in [0.25, 0.3) is 0 Å². The van der Waals surface area contributed by atoms with E-state index in [0.717, 1.165) is 17.9 Å². The maximum atomic E-state index is 6.20. The molecular weight excluding hydrogens is 343 g/mol. The number of halogens is 2. The molecule has 2 aromatic carbocycles. The van der Waals surface area contributed by atoms with Gasteiger partial charge in [0.2, 0.25) is 5.95 Å². The van der Waals surface area contributed by atoms with Crippen LogP contribution in [0.3, 0.4) is 0 Å². The highest BCUT2D eigenvalue weighted by atomic mass is 35.5. The third kappa shape index (κ3) is 3.78. The molecule has 0 unspecified atom stereocenters. The number of benzene rings is 2. The predicted octanol–water partition coefficient (Wildman–Crippen LogP) is 5.69. The SMILES string of the molecule is CCN(c1ccccc1)c1nccc(Nc2ccc(Cl)cc2Cl)n1. The molecule has 0 bridgehead atoms. The molecule has 122 valence electrons.